The van der Waals surface area contributed by atoms with Crippen molar-refractivity contribution in [2.75, 3.05) is 11.5 Å². The Labute approximate surface area is 218 Å². The summed E-state index contributed by atoms with van der Waals surface area (Å²) in [6, 6.07) is 6.32. The molecule has 0 saturated heterocycles. The third-order valence-electron chi connectivity index (χ3n) is 4.42. The molecule has 0 saturated carbocycles. The number of thioether (sulfide) groups is 1. The Morgan fingerprint density at radius 1 is 0.735 bits per heavy atom. The van der Waals surface area contributed by atoms with E-state index >= 15 is 0 Å². The topological polar surface area (TPSA) is 133 Å². The molecule has 0 aliphatic heterocycles. The lowest BCUT2D eigenvalue weighted by atomic mass is 10.1. The van der Waals surface area contributed by atoms with Crippen LogP contribution < -0.4 is 10.6 Å². The predicted octanol–water partition coefficient (Wildman–Crippen LogP) is 4.49. The fourth-order valence-corrected chi connectivity index (χ4v) is 4.89. The third kappa shape index (κ3) is 7.68. The van der Waals surface area contributed by atoms with Gasteiger partial charge in [-0.3, -0.25) is 9.59 Å². The van der Waals surface area contributed by atoms with Crippen LogP contribution in [0.3, 0.4) is 0 Å². The number of halogens is 4. The highest BCUT2D eigenvalue weighted by molar-refractivity contribution is 7.99. The van der Waals surface area contributed by atoms with E-state index in [0.29, 0.717) is 0 Å². The second-order valence-electron chi connectivity index (χ2n) is 6.79. The normalized spacial score (nSPS) is 12.5. The Morgan fingerprint density at radius 2 is 1.12 bits per heavy atom. The maximum absolute atomic E-state index is 12.4. The van der Waals surface area contributed by atoms with Crippen LogP contribution >= 0.6 is 58.2 Å². The van der Waals surface area contributed by atoms with Crippen molar-refractivity contribution < 1.29 is 29.4 Å². The first-order valence-electron chi connectivity index (χ1n) is 9.56. The second-order valence-corrected chi connectivity index (χ2v) is 9.56. The maximum atomic E-state index is 12.4. The van der Waals surface area contributed by atoms with Crippen molar-refractivity contribution in [2.45, 2.75) is 18.5 Å². The molecule has 2 amide bonds. The first-order valence-corrected chi connectivity index (χ1v) is 12.2. The van der Waals surface area contributed by atoms with Crippen LogP contribution in [0, 0.1) is 0 Å². The molecule has 2 aromatic carbocycles. The van der Waals surface area contributed by atoms with Crippen molar-refractivity contribution in [3.05, 3.63) is 67.6 Å². The zero-order chi connectivity index (χ0) is 25.4. The van der Waals surface area contributed by atoms with E-state index in [4.69, 9.17) is 46.4 Å². The molecule has 182 valence electrons. The number of benzene rings is 2. The van der Waals surface area contributed by atoms with Gasteiger partial charge in [0, 0.05) is 5.75 Å². The molecular formula is C21H18Cl4N2O6S. The minimum Gasteiger partial charge on any atom is -0.480 e. The summed E-state index contributed by atoms with van der Waals surface area (Å²) in [7, 11) is 0. The summed E-state index contributed by atoms with van der Waals surface area (Å²) < 4.78 is 0. The molecule has 0 spiro atoms. The Bertz CT molecular complexity index is 975. The number of hydrogen-bond donors (Lipinski definition) is 4. The molecule has 0 unspecified atom stereocenters. The number of hydrogen-bond acceptors (Lipinski definition) is 5. The standard InChI is InChI=1S/C21H18Cl4N2O6S/c22-10-3-1-4-11(23)16(10)18(28)26-14(20(30)31)7-8-34-9-15(21(32)33)27-19(29)17-12(24)5-2-6-13(17)25/h1-6,14-15H,7-9H2,(H,26,28)(H,27,29)(H,30,31)(H,32,33)/t14-,15-/m0/s1. The molecule has 13 heteroatoms. The van der Waals surface area contributed by atoms with Gasteiger partial charge in [0.25, 0.3) is 11.8 Å². The van der Waals surface area contributed by atoms with Crippen LogP contribution in [-0.4, -0.2) is 57.6 Å². The Morgan fingerprint density at radius 3 is 1.50 bits per heavy atom. The average Bonchev–Trinajstić information content (AvgIpc) is 2.74. The van der Waals surface area contributed by atoms with E-state index in [0.717, 1.165) is 11.8 Å². The number of nitrogens with one attached hydrogen (secondary N) is 2. The van der Waals surface area contributed by atoms with Gasteiger partial charge in [-0.2, -0.15) is 11.8 Å². The fraction of sp³-hybridized carbons (Fsp3) is 0.238. The largest absolute Gasteiger partial charge is 0.480 e. The van der Waals surface area contributed by atoms with Crippen molar-refractivity contribution >= 4 is 81.9 Å². The Kier molecular flexibility index (Phi) is 10.8. The van der Waals surface area contributed by atoms with Crippen LogP contribution in [0.25, 0.3) is 0 Å². The number of rotatable bonds is 11. The van der Waals surface area contributed by atoms with Gasteiger partial charge in [-0.25, -0.2) is 9.59 Å². The van der Waals surface area contributed by atoms with Gasteiger partial charge in [-0.05, 0) is 36.4 Å². The molecule has 4 N–H and O–H groups in total. The van der Waals surface area contributed by atoms with Crippen molar-refractivity contribution in [2.24, 2.45) is 0 Å². The number of aliphatic carboxylic acids is 2. The van der Waals surface area contributed by atoms with E-state index in [-0.39, 0.29) is 49.1 Å². The number of carbonyl (C=O) groups excluding carboxylic acids is 2. The van der Waals surface area contributed by atoms with E-state index in [9.17, 15) is 29.4 Å². The number of carbonyl (C=O) groups is 4. The number of carboxylic acid groups (broad SMARTS) is 2. The van der Waals surface area contributed by atoms with Gasteiger partial charge in [-0.1, -0.05) is 58.5 Å². The quantitative estimate of drug-likeness (QED) is 0.294. The fourth-order valence-electron chi connectivity index (χ4n) is 2.72. The highest BCUT2D eigenvalue weighted by Gasteiger charge is 2.25. The summed E-state index contributed by atoms with van der Waals surface area (Å²) in [6.45, 7) is 0. The highest BCUT2D eigenvalue weighted by Crippen LogP contribution is 2.25. The lowest BCUT2D eigenvalue weighted by Gasteiger charge is -2.17. The first kappa shape index (κ1) is 28.1. The van der Waals surface area contributed by atoms with Crippen molar-refractivity contribution in [3.63, 3.8) is 0 Å². The van der Waals surface area contributed by atoms with E-state index in [1.165, 1.54) is 24.3 Å². The molecule has 8 nitrogen and oxygen atoms in total. The van der Waals surface area contributed by atoms with Gasteiger partial charge in [0.2, 0.25) is 0 Å². The molecule has 0 fully saturated rings. The van der Waals surface area contributed by atoms with E-state index in [1.807, 2.05) is 0 Å². The minimum atomic E-state index is -1.29. The van der Waals surface area contributed by atoms with E-state index in [1.54, 1.807) is 12.1 Å². The van der Waals surface area contributed by atoms with Crippen LogP contribution in [0.5, 0.6) is 0 Å². The summed E-state index contributed by atoms with van der Waals surface area (Å²) in [4.78, 5) is 48.0. The first-order chi connectivity index (χ1) is 16.0. The van der Waals surface area contributed by atoms with Gasteiger partial charge in [0.15, 0.2) is 0 Å². The van der Waals surface area contributed by atoms with Crippen molar-refractivity contribution in [3.8, 4) is 0 Å². The van der Waals surface area contributed by atoms with Gasteiger partial charge < -0.3 is 20.8 Å². The molecule has 0 aliphatic rings. The monoisotopic (exact) mass is 566 g/mol. The summed E-state index contributed by atoms with van der Waals surface area (Å²) >= 11 is 25.0. The summed E-state index contributed by atoms with van der Waals surface area (Å²) in [5.41, 5.74) is -0.0920. The Balaban J connectivity index is 1.94. The molecule has 34 heavy (non-hydrogen) atoms. The van der Waals surface area contributed by atoms with Gasteiger partial charge >= 0.3 is 11.9 Å². The van der Waals surface area contributed by atoms with Crippen molar-refractivity contribution in [1.82, 2.24) is 10.6 Å². The summed E-state index contributed by atoms with van der Waals surface area (Å²) in [6.07, 6.45) is -0.0234. The highest BCUT2D eigenvalue weighted by atomic mass is 35.5. The van der Waals surface area contributed by atoms with Gasteiger partial charge in [0.1, 0.15) is 12.1 Å². The predicted molar refractivity (Wildman–Crippen MR) is 133 cm³/mol. The van der Waals surface area contributed by atoms with E-state index < -0.39 is 35.8 Å². The molecule has 0 aliphatic carbocycles. The van der Waals surface area contributed by atoms with Crippen LogP contribution in [0.15, 0.2) is 36.4 Å². The molecule has 0 radical (unpaired) electrons. The molecule has 2 aromatic rings. The van der Waals surface area contributed by atoms with Crippen LogP contribution in [0.1, 0.15) is 27.1 Å². The molecule has 0 aromatic heterocycles. The van der Waals surface area contributed by atoms with Crippen LogP contribution in [0.2, 0.25) is 20.1 Å². The molecule has 0 heterocycles. The third-order valence-corrected chi connectivity index (χ3v) is 6.78. The van der Waals surface area contributed by atoms with E-state index in [2.05, 4.69) is 10.6 Å². The molecular weight excluding hydrogens is 550 g/mol. The summed E-state index contributed by atoms with van der Waals surface area (Å²) in [5, 5.41) is 23.9. The lowest BCUT2D eigenvalue weighted by molar-refractivity contribution is -0.140. The van der Waals surface area contributed by atoms with Crippen molar-refractivity contribution in [1.29, 1.82) is 0 Å². The van der Waals surface area contributed by atoms with Gasteiger partial charge in [0.05, 0.1) is 31.2 Å². The van der Waals surface area contributed by atoms with Crippen LogP contribution in [0.4, 0.5) is 0 Å². The number of amides is 2. The average molecular weight is 568 g/mol. The SMILES string of the molecule is O=C(N[C@@H](CCSC[C@H](NC(=O)c1c(Cl)cccc1Cl)C(=O)O)C(=O)O)c1c(Cl)cccc1Cl. The Hall–Kier alpha value is -2.17. The maximum Gasteiger partial charge on any atom is 0.327 e. The summed E-state index contributed by atoms with van der Waals surface area (Å²) in [5.74, 6) is -3.98. The zero-order valence-corrected chi connectivity index (χ0v) is 21.0. The number of carboxylic acids is 2. The zero-order valence-electron chi connectivity index (χ0n) is 17.2. The minimum absolute atomic E-state index is 0.0234. The van der Waals surface area contributed by atoms with Gasteiger partial charge in [-0.15, -0.1) is 0 Å². The molecule has 2 atom stereocenters. The molecule has 2 rings (SSSR count). The second kappa shape index (κ2) is 13.1. The van der Waals surface area contributed by atoms with Crippen LogP contribution in [-0.2, 0) is 9.59 Å². The molecule has 0 bridgehead atoms. The lowest BCUT2D eigenvalue weighted by Crippen LogP contribution is -2.43. The smallest absolute Gasteiger partial charge is 0.327 e.